The Hall–Kier alpha value is -1.63. The maximum atomic E-state index is 11.5. The average Bonchev–Trinajstić information content (AvgIpc) is 2.70. The Kier molecular flexibility index (Phi) is 6.88. The molecule has 19 heavy (non-hydrogen) atoms. The molecule has 7 nitrogen and oxygen atoms in total. The van der Waals surface area contributed by atoms with Gasteiger partial charge in [0.2, 0.25) is 11.8 Å². The standard InChI is InChI=1S/C12H22N4O3/c1-2-5-13-6-7-14-10(17)4-3-8-16-11(18)9-15-12(16)19/h13H,2-9H2,1H3,(H,14,17)(H,15,19). The third kappa shape index (κ3) is 5.69. The second-order valence-electron chi connectivity index (χ2n) is 4.41. The van der Waals surface area contributed by atoms with Gasteiger partial charge < -0.3 is 16.0 Å². The number of hydrogen-bond donors (Lipinski definition) is 3. The second-order valence-corrected chi connectivity index (χ2v) is 4.41. The lowest BCUT2D eigenvalue weighted by Crippen LogP contribution is -2.34. The van der Waals surface area contributed by atoms with Crippen molar-refractivity contribution >= 4 is 17.8 Å². The zero-order valence-electron chi connectivity index (χ0n) is 11.3. The van der Waals surface area contributed by atoms with E-state index in [2.05, 4.69) is 22.9 Å². The molecule has 0 radical (unpaired) electrons. The Morgan fingerprint density at radius 3 is 2.74 bits per heavy atom. The van der Waals surface area contributed by atoms with Crippen molar-refractivity contribution in [3.8, 4) is 0 Å². The quantitative estimate of drug-likeness (QED) is 0.387. The molecule has 0 atom stereocenters. The summed E-state index contributed by atoms with van der Waals surface area (Å²) in [5, 5.41) is 8.41. The molecule has 1 aliphatic rings. The number of carbonyl (C=O) groups is 3. The summed E-state index contributed by atoms with van der Waals surface area (Å²) < 4.78 is 0. The van der Waals surface area contributed by atoms with Crippen LogP contribution in [0.5, 0.6) is 0 Å². The smallest absolute Gasteiger partial charge is 0.324 e. The van der Waals surface area contributed by atoms with Crippen molar-refractivity contribution in [2.75, 3.05) is 32.7 Å². The number of nitrogens with one attached hydrogen (secondary N) is 3. The predicted octanol–water partition coefficient (Wildman–Crippen LogP) is -0.566. The van der Waals surface area contributed by atoms with Gasteiger partial charge in [-0.3, -0.25) is 14.5 Å². The molecule has 1 aliphatic heterocycles. The van der Waals surface area contributed by atoms with Crippen molar-refractivity contribution in [3.05, 3.63) is 0 Å². The Labute approximate surface area is 113 Å². The summed E-state index contributed by atoms with van der Waals surface area (Å²) in [4.78, 5) is 35.1. The molecule has 0 aliphatic carbocycles. The highest BCUT2D eigenvalue weighted by atomic mass is 16.2. The van der Waals surface area contributed by atoms with Gasteiger partial charge in [-0.1, -0.05) is 6.92 Å². The van der Waals surface area contributed by atoms with E-state index in [4.69, 9.17) is 0 Å². The maximum absolute atomic E-state index is 11.5. The van der Waals surface area contributed by atoms with E-state index >= 15 is 0 Å². The lowest BCUT2D eigenvalue weighted by atomic mass is 10.3. The minimum absolute atomic E-state index is 0.0506. The zero-order chi connectivity index (χ0) is 14.1. The van der Waals surface area contributed by atoms with E-state index in [0.717, 1.165) is 24.4 Å². The molecule has 1 heterocycles. The normalized spacial score (nSPS) is 14.7. The maximum Gasteiger partial charge on any atom is 0.324 e. The molecule has 0 unspecified atom stereocenters. The summed E-state index contributed by atoms with van der Waals surface area (Å²) in [5.74, 6) is -0.278. The number of nitrogens with zero attached hydrogens (tertiary/aromatic N) is 1. The molecule has 0 aromatic carbocycles. The average molecular weight is 270 g/mol. The molecule has 1 rings (SSSR count). The SMILES string of the molecule is CCCNCCNC(=O)CCCN1C(=O)CNC1=O. The fourth-order valence-corrected chi connectivity index (χ4v) is 1.76. The Balaban J connectivity index is 2.04. The van der Waals surface area contributed by atoms with E-state index in [0.29, 0.717) is 25.9 Å². The van der Waals surface area contributed by atoms with Gasteiger partial charge in [0.15, 0.2) is 0 Å². The minimum Gasteiger partial charge on any atom is -0.355 e. The first-order valence-electron chi connectivity index (χ1n) is 6.70. The predicted molar refractivity (Wildman–Crippen MR) is 70.5 cm³/mol. The van der Waals surface area contributed by atoms with Crippen LogP contribution in [0.2, 0.25) is 0 Å². The van der Waals surface area contributed by atoms with Crippen molar-refractivity contribution in [2.45, 2.75) is 26.2 Å². The summed E-state index contributed by atoms with van der Waals surface area (Å²) in [6, 6.07) is -0.367. The molecule has 108 valence electrons. The fraction of sp³-hybridized carbons (Fsp3) is 0.750. The number of carbonyl (C=O) groups excluding carboxylic acids is 3. The van der Waals surface area contributed by atoms with Crippen molar-refractivity contribution in [1.82, 2.24) is 20.9 Å². The number of urea groups is 1. The number of hydrogen-bond acceptors (Lipinski definition) is 4. The van der Waals surface area contributed by atoms with Crippen LogP contribution in [0.25, 0.3) is 0 Å². The van der Waals surface area contributed by atoms with Gasteiger partial charge in [0.05, 0.1) is 6.54 Å². The molecule has 1 saturated heterocycles. The third-order valence-electron chi connectivity index (χ3n) is 2.77. The summed E-state index contributed by atoms with van der Waals surface area (Å²) in [6.45, 7) is 4.75. The Morgan fingerprint density at radius 2 is 2.11 bits per heavy atom. The largest absolute Gasteiger partial charge is 0.355 e. The van der Waals surface area contributed by atoms with Crippen LogP contribution >= 0.6 is 0 Å². The number of rotatable bonds is 9. The van der Waals surface area contributed by atoms with Crippen LogP contribution in [-0.4, -0.2) is 55.5 Å². The highest BCUT2D eigenvalue weighted by Gasteiger charge is 2.27. The number of imide groups is 1. The van der Waals surface area contributed by atoms with E-state index in [1.807, 2.05) is 0 Å². The summed E-state index contributed by atoms with van der Waals surface area (Å²) in [5.41, 5.74) is 0. The molecule has 0 spiro atoms. The molecule has 3 N–H and O–H groups in total. The van der Waals surface area contributed by atoms with Crippen molar-refractivity contribution in [3.63, 3.8) is 0 Å². The molecular weight excluding hydrogens is 248 g/mol. The van der Waals surface area contributed by atoms with Crippen LogP contribution in [0, 0.1) is 0 Å². The summed E-state index contributed by atoms with van der Waals surface area (Å²) in [7, 11) is 0. The molecule has 0 aromatic rings. The first kappa shape index (κ1) is 15.4. The molecule has 7 heteroatoms. The second kappa shape index (κ2) is 8.47. The highest BCUT2D eigenvalue weighted by molar-refractivity contribution is 6.01. The van der Waals surface area contributed by atoms with Crippen LogP contribution in [-0.2, 0) is 9.59 Å². The molecule has 4 amide bonds. The van der Waals surface area contributed by atoms with Crippen LogP contribution in [0.1, 0.15) is 26.2 Å². The van der Waals surface area contributed by atoms with Gasteiger partial charge in [0.25, 0.3) is 0 Å². The highest BCUT2D eigenvalue weighted by Crippen LogP contribution is 2.01. The first-order valence-corrected chi connectivity index (χ1v) is 6.70. The van der Waals surface area contributed by atoms with Gasteiger partial charge in [0, 0.05) is 26.1 Å². The summed E-state index contributed by atoms with van der Waals surface area (Å²) in [6.07, 6.45) is 1.89. The van der Waals surface area contributed by atoms with E-state index in [1.54, 1.807) is 0 Å². The Bertz CT molecular complexity index is 317. The third-order valence-corrected chi connectivity index (χ3v) is 2.77. The summed E-state index contributed by atoms with van der Waals surface area (Å²) >= 11 is 0. The van der Waals surface area contributed by atoms with Crippen molar-refractivity contribution in [1.29, 1.82) is 0 Å². The fourth-order valence-electron chi connectivity index (χ4n) is 1.76. The van der Waals surface area contributed by atoms with E-state index in [-0.39, 0.29) is 24.4 Å². The zero-order valence-corrected chi connectivity index (χ0v) is 11.3. The molecule has 1 fully saturated rings. The number of amides is 4. The van der Waals surface area contributed by atoms with Crippen LogP contribution in [0.3, 0.4) is 0 Å². The lowest BCUT2D eigenvalue weighted by molar-refractivity contribution is -0.126. The van der Waals surface area contributed by atoms with Gasteiger partial charge in [-0.2, -0.15) is 0 Å². The van der Waals surface area contributed by atoms with E-state index in [1.165, 1.54) is 0 Å². The Morgan fingerprint density at radius 1 is 1.32 bits per heavy atom. The molecule has 0 saturated carbocycles. The van der Waals surface area contributed by atoms with Crippen LogP contribution in [0.15, 0.2) is 0 Å². The van der Waals surface area contributed by atoms with Gasteiger partial charge in [0.1, 0.15) is 0 Å². The van der Waals surface area contributed by atoms with Gasteiger partial charge in [-0.15, -0.1) is 0 Å². The van der Waals surface area contributed by atoms with Gasteiger partial charge in [-0.25, -0.2) is 4.79 Å². The topological polar surface area (TPSA) is 90.5 Å². The van der Waals surface area contributed by atoms with E-state index in [9.17, 15) is 14.4 Å². The van der Waals surface area contributed by atoms with Crippen molar-refractivity contribution < 1.29 is 14.4 Å². The minimum atomic E-state index is -0.367. The van der Waals surface area contributed by atoms with E-state index < -0.39 is 0 Å². The van der Waals surface area contributed by atoms with Crippen LogP contribution in [0.4, 0.5) is 4.79 Å². The van der Waals surface area contributed by atoms with Crippen molar-refractivity contribution in [2.24, 2.45) is 0 Å². The lowest BCUT2D eigenvalue weighted by Gasteiger charge is -2.11. The monoisotopic (exact) mass is 270 g/mol. The van der Waals surface area contributed by atoms with Crippen LogP contribution < -0.4 is 16.0 Å². The molecular formula is C12H22N4O3. The first-order chi connectivity index (χ1) is 9.15. The van der Waals surface area contributed by atoms with Gasteiger partial charge in [-0.05, 0) is 19.4 Å². The molecule has 0 aromatic heterocycles. The molecule has 0 bridgehead atoms. The van der Waals surface area contributed by atoms with Gasteiger partial charge >= 0.3 is 6.03 Å².